The second kappa shape index (κ2) is 6.45. The first kappa shape index (κ1) is 15.3. The van der Waals surface area contributed by atoms with Crippen molar-refractivity contribution in [2.45, 2.75) is 34.1 Å². The van der Waals surface area contributed by atoms with E-state index < -0.39 is 0 Å². The Morgan fingerprint density at radius 1 is 1.32 bits per heavy atom. The number of amides is 1. The topological polar surface area (TPSA) is 64.3 Å². The summed E-state index contributed by atoms with van der Waals surface area (Å²) in [5.74, 6) is 0.515. The van der Waals surface area contributed by atoms with Crippen molar-refractivity contribution in [3.63, 3.8) is 0 Å². The second-order valence-corrected chi connectivity index (χ2v) is 5.79. The molecule has 0 aliphatic heterocycles. The molecule has 4 heteroatoms. The number of anilines is 1. The zero-order chi connectivity index (χ0) is 14.5. The number of hydrogen-bond acceptors (Lipinski definition) is 3. The van der Waals surface area contributed by atoms with Gasteiger partial charge in [-0.1, -0.05) is 20.8 Å². The van der Waals surface area contributed by atoms with Crippen LogP contribution in [0.1, 0.15) is 44.5 Å². The van der Waals surface area contributed by atoms with Crippen LogP contribution in [0.15, 0.2) is 18.2 Å². The molecule has 3 N–H and O–H groups in total. The van der Waals surface area contributed by atoms with Crippen LogP contribution in [0.25, 0.3) is 0 Å². The molecule has 0 aliphatic carbocycles. The molecule has 1 aromatic rings. The maximum Gasteiger partial charge on any atom is 0.251 e. The van der Waals surface area contributed by atoms with Gasteiger partial charge in [-0.3, -0.25) is 4.79 Å². The van der Waals surface area contributed by atoms with Gasteiger partial charge >= 0.3 is 0 Å². The van der Waals surface area contributed by atoms with Gasteiger partial charge in [0.25, 0.3) is 5.91 Å². The molecular weight excluding hydrogens is 240 g/mol. The van der Waals surface area contributed by atoms with Gasteiger partial charge in [0.05, 0.1) is 6.61 Å². The molecule has 0 aliphatic rings. The van der Waals surface area contributed by atoms with Crippen LogP contribution >= 0.6 is 0 Å². The van der Waals surface area contributed by atoms with Crippen LogP contribution in [0.2, 0.25) is 0 Å². The number of rotatable bonds is 5. The summed E-state index contributed by atoms with van der Waals surface area (Å²) in [7, 11) is 0. The van der Waals surface area contributed by atoms with Crippen molar-refractivity contribution in [1.82, 2.24) is 5.32 Å². The minimum Gasteiger partial charge on any atom is -0.494 e. The molecule has 1 amide bonds. The van der Waals surface area contributed by atoms with E-state index in [2.05, 4.69) is 26.1 Å². The maximum atomic E-state index is 12.0. The highest BCUT2D eigenvalue weighted by atomic mass is 16.5. The summed E-state index contributed by atoms with van der Waals surface area (Å²) < 4.78 is 5.38. The number of nitrogen functional groups attached to an aromatic ring is 1. The van der Waals surface area contributed by atoms with Gasteiger partial charge in [0.1, 0.15) is 5.75 Å². The van der Waals surface area contributed by atoms with E-state index in [0.717, 1.165) is 6.42 Å². The lowest BCUT2D eigenvalue weighted by molar-refractivity contribution is 0.0949. The van der Waals surface area contributed by atoms with E-state index >= 15 is 0 Å². The van der Waals surface area contributed by atoms with E-state index in [1.54, 1.807) is 18.2 Å². The maximum absolute atomic E-state index is 12.0. The Hall–Kier alpha value is -1.71. The number of nitrogens with one attached hydrogen (secondary N) is 1. The van der Waals surface area contributed by atoms with E-state index in [1.807, 2.05) is 6.92 Å². The molecule has 0 saturated heterocycles. The predicted octanol–water partition coefficient (Wildman–Crippen LogP) is 2.83. The highest BCUT2D eigenvalue weighted by Crippen LogP contribution is 2.20. The van der Waals surface area contributed by atoms with Gasteiger partial charge in [-0.2, -0.15) is 0 Å². The van der Waals surface area contributed by atoms with Gasteiger partial charge < -0.3 is 15.8 Å². The number of carbonyl (C=O) groups is 1. The van der Waals surface area contributed by atoms with Gasteiger partial charge in [-0.15, -0.1) is 0 Å². The summed E-state index contributed by atoms with van der Waals surface area (Å²) in [4.78, 5) is 12.0. The number of nitrogens with two attached hydrogens (primary N) is 1. The van der Waals surface area contributed by atoms with Gasteiger partial charge in [-0.05, 0) is 30.9 Å². The van der Waals surface area contributed by atoms with E-state index in [-0.39, 0.29) is 11.3 Å². The molecule has 1 aromatic carbocycles. The predicted molar refractivity (Wildman–Crippen MR) is 78.4 cm³/mol. The summed E-state index contributed by atoms with van der Waals surface area (Å²) in [5, 5.41) is 2.90. The fourth-order valence-electron chi connectivity index (χ4n) is 1.66. The summed E-state index contributed by atoms with van der Waals surface area (Å²) in [6.45, 7) is 9.54. The summed E-state index contributed by atoms with van der Waals surface area (Å²) >= 11 is 0. The van der Waals surface area contributed by atoms with Crippen LogP contribution < -0.4 is 15.8 Å². The zero-order valence-corrected chi connectivity index (χ0v) is 12.2. The number of benzene rings is 1. The lowest BCUT2D eigenvalue weighted by atomic mass is 9.92. The molecule has 1 rings (SSSR count). The standard InChI is InChI=1S/C15H24N2O2/c1-5-19-13-9-11(8-12(16)10-13)14(18)17-7-6-15(2,3)4/h8-10H,5-7,16H2,1-4H3,(H,17,18). The first-order chi connectivity index (χ1) is 8.81. The van der Waals surface area contributed by atoms with Crippen molar-refractivity contribution in [3.8, 4) is 5.75 Å². The average molecular weight is 264 g/mol. The van der Waals surface area contributed by atoms with E-state index in [0.29, 0.717) is 30.2 Å². The first-order valence-electron chi connectivity index (χ1n) is 6.63. The number of ether oxygens (including phenoxy) is 1. The normalized spacial score (nSPS) is 11.2. The van der Waals surface area contributed by atoms with E-state index in [1.165, 1.54) is 0 Å². The van der Waals surface area contributed by atoms with Gasteiger partial charge in [0.2, 0.25) is 0 Å². The SMILES string of the molecule is CCOc1cc(N)cc(C(=O)NCCC(C)(C)C)c1. The average Bonchev–Trinajstić information content (AvgIpc) is 2.26. The Kier molecular flexibility index (Phi) is 5.21. The van der Waals surface area contributed by atoms with Gasteiger partial charge in [0.15, 0.2) is 0 Å². The molecule has 0 radical (unpaired) electrons. The molecule has 0 fully saturated rings. The second-order valence-electron chi connectivity index (χ2n) is 5.79. The Morgan fingerprint density at radius 3 is 2.58 bits per heavy atom. The van der Waals surface area contributed by atoms with E-state index in [9.17, 15) is 4.79 Å². The quantitative estimate of drug-likeness (QED) is 0.804. The molecule has 0 aromatic heterocycles. The van der Waals surface area contributed by atoms with Crippen molar-refractivity contribution in [2.75, 3.05) is 18.9 Å². The highest BCUT2D eigenvalue weighted by Gasteiger charge is 2.12. The molecule has 19 heavy (non-hydrogen) atoms. The Balaban J connectivity index is 2.66. The summed E-state index contributed by atoms with van der Waals surface area (Å²) in [5.41, 5.74) is 7.05. The first-order valence-corrected chi connectivity index (χ1v) is 6.63. The third-order valence-corrected chi connectivity index (χ3v) is 2.66. The molecule has 4 nitrogen and oxygen atoms in total. The van der Waals surface area contributed by atoms with Crippen molar-refractivity contribution in [3.05, 3.63) is 23.8 Å². The minimum absolute atomic E-state index is 0.113. The van der Waals surface area contributed by atoms with Gasteiger partial charge in [0, 0.05) is 23.9 Å². The van der Waals surface area contributed by atoms with Crippen LogP contribution in [0.3, 0.4) is 0 Å². The lowest BCUT2D eigenvalue weighted by Crippen LogP contribution is -2.27. The van der Waals surface area contributed by atoms with E-state index in [4.69, 9.17) is 10.5 Å². The summed E-state index contributed by atoms with van der Waals surface area (Å²) in [6, 6.07) is 5.09. The fourth-order valence-corrected chi connectivity index (χ4v) is 1.66. The van der Waals surface area contributed by atoms with Crippen molar-refractivity contribution >= 4 is 11.6 Å². The van der Waals surface area contributed by atoms with Crippen LogP contribution in [-0.2, 0) is 0 Å². The monoisotopic (exact) mass is 264 g/mol. The summed E-state index contributed by atoms with van der Waals surface area (Å²) in [6.07, 6.45) is 0.930. The van der Waals surface area contributed by atoms with Crippen LogP contribution in [0, 0.1) is 5.41 Å². The van der Waals surface area contributed by atoms with Crippen LogP contribution in [0.5, 0.6) is 5.75 Å². The Morgan fingerprint density at radius 2 is 2.00 bits per heavy atom. The molecule has 0 saturated carbocycles. The Bertz CT molecular complexity index is 436. The minimum atomic E-state index is -0.113. The molecule has 0 atom stereocenters. The molecule has 0 unspecified atom stereocenters. The molecule has 0 heterocycles. The molecule has 0 spiro atoms. The largest absolute Gasteiger partial charge is 0.494 e. The number of hydrogen-bond donors (Lipinski definition) is 2. The molecule has 106 valence electrons. The van der Waals surface area contributed by atoms with Crippen molar-refractivity contribution in [1.29, 1.82) is 0 Å². The van der Waals surface area contributed by atoms with Gasteiger partial charge in [-0.25, -0.2) is 0 Å². The molecular formula is C15H24N2O2. The third-order valence-electron chi connectivity index (χ3n) is 2.66. The number of carbonyl (C=O) groups excluding carboxylic acids is 1. The van der Waals surface area contributed by atoms with Crippen LogP contribution in [-0.4, -0.2) is 19.1 Å². The lowest BCUT2D eigenvalue weighted by Gasteiger charge is -2.18. The van der Waals surface area contributed by atoms with Crippen molar-refractivity contribution in [2.24, 2.45) is 5.41 Å². The smallest absolute Gasteiger partial charge is 0.251 e. The molecule has 0 bridgehead atoms. The van der Waals surface area contributed by atoms with Crippen molar-refractivity contribution < 1.29 is 9.53 Å². The third kappa shape index (κ3) is 5.64. The fraction of sp³-hybridized carbons (Fsp3) is 0.533. The Labute approximate surface area is 115 Å². The van der Waals surface area contributed by atoms with Crippen LogP contribution in [0.4, 0.5) is 5.69 Å². The zero-order valence-electron chi connectivity index (χ0n) is 12.2. The highest BCUT2D eigenvalue weighted by molar-refractivity contribution is 5.95.